The third-order valence-electron chi connectivity index (χ3n) is 3.15. The second-order valence-electron chi connectivity index (χ2n) is 4.41. The standard InChI is InChI=1S/C11H16N2O3/c1-2-5-13-9(3-4-12-13)11(16)6-8(7-11)10(14)15/h3-4,8,16H,2,5-7H2,1H3,(H,14,15). The van der Waals surface area contributed by atoms with E-state index in [0.717, 1.165) is 18.7 Å². The molecule has 0 radical (unpaired) electrons. The van der Waals surface area contributed by atoms with Gasteiger partial charge in [-0.1, -0.05) is 6.92 Å². The smallest absolute Gasteiger partial charge is 0.306 e. The summed E-state index contributed by atoms with van der Waals surface area (Å²) >= 11 is 0. The van der Waals surface area contributed by atoms with Gasteiger partial charge >= 0.3 is 5.97 Å². The quantitative estimate of drug-likeness (QED) is 0.799. The highest BCUT2D eigenvalue weighted by Crippen LogP contribution is 2.45. The summed E-state index contributed by atoms with van der Waals surface area (Å²) in [5, 5.41) is 23.2. The molecule has 1 saturated carbocycles. The number of aromatic nitrogens is 2. The molecule has 5 nitrogen and oxygen atoms in total. The average molecular weight is 224 g/mol. The Morgan fingerprint density at radius 3 is 2.94 bits per heavy atom. The van der Waals surface area contributed by atoms with Crippen molar-refractivity contribution in [1.82, 2.24) is 9.78 Å². The second kappa shape index (κ2) is 3.90. The normalized spacial score (nSPS) is 28.8. The van der Waals surface area contributed by atoms with E-state index in [0.29, 0.717) is 0 Å². The van der Waals surface area contributed by atoms with Crippen LogP contribution in [0.2, 0.25) is 0 Å². The van der Waals surface area contributed by atoms with Gasteiger partial charge in [0.15, 0.2) is 0 Å². The van der Waals surface area contributed by atoms with Gasteiger partial charge in [-0.15, -0.1) is 0 Å². The first kappa shape index (κ1) is 11.1. The molecular weight excluding hydrogens is 208 g/mol. The van der Waals surface area contributed by atoms with Crippen molar-refractivity contribution >= 4 is 5.97 Å². The molecule has 0 saturated heterocycles. The predicted molar refractivity (Wildman–Crippen MR) is 56.8 cm³/mol. The number of carbonyl (C=O) groups is 1. The van der Waals surface area contributed by atoms with Gasteiger partial charge in [0, 0.05) is 12.7 Å². The summed E-state index contributed by atoms with van der Waals surface area (Å²) in [5.74, 6) is -1.25. The number of carboxylic acids is 1. The van der Waals surface area contributed by atoms with E-state index < -0.39 is 17.5 Å². The maximum atomic E-state index is 10.7. The topological polar surface area (TPSA) is 75.3 Å². The van der Waals surface area contributed by atoms with Crippen molar-refractivity contribution in [3.8, 4) is 0 Å². The first-order chi connectivity index (χ1) is 7.57. The number of carboxylic acid groups (broad SMARTS) is 1. The van der Waals surface area contributed by atoms with Crippen LogP contribution in [0.25, 0.3) is 0 Å². The fourth-order valence-corrected chi connectivity index (χ4v) is 2.26. The van der Waals surface area contributed by atoms with E-state index in [1.54, 1.807) is 16.9 Å². The molecule has 88 valence electrons. The lowest BCUT2D eigenvalue weighted by Crippen LogP contribution is -2.45. The van der Waals surface area contributed by atoms with Crippen LogP contribution in [0.4, 0.5) is 0 Å². The van der Waals surface area contributed by atoms with Crippen LogP contribution in [0.1, 0.15) is 31.9 Å². The van der Waals surface area contributed by atoms with Crippen LogP contribution in [0.5, 0.6) is 0 Å². The molecule has 0 atom stereocenters. The van der Waals surface area contributed by atoms with Crippen molar-refractivity contribution in [2.24, 2.45) is 5.92 Å². The zero-order valence-corrected chi connectivity index (χ0v) is 9.26. The molecule has 5 heteroatoms. The van der Waals surface area contributed by atoms with Crippen molar-refractivity contribution in [1.29, 1.82) is 0 Å². The third kappa shape index (κ3) is 1.71. The molecular formula is C11H16N2O3. The summed E-state index contributed by atoms with van der Waals surface area (Å²) in [6.07, 6.45) is 3.17. The van der Waals surface area contributed by atoms with Gasteiger partial charge in [-0.2, -0.15) is 5.10 Å². The molecule has 0 spiro atoms. The molecule has 1 aromatic heterocycles. The Kier molecular flexibility index (Phi) is 2.71. The highest BCUT2D eigenvalue weighted by molar-refractivity contribution is 5.71. The largest absolute Gasteiger partial charge is 0.481 e. The average Bonchev–Trinajstić information content (AvgIpc) is 2.62. The van der Waals surface area contributed by atoms with Gasteiger partial charge in [-0.25, -0.2) is 0 Å². The van der Waals surface area contributed by atoms with Crippen molar-refractivity contribution in [3.05, 3.63) is 18.0 Å². The number of hydrogen-bond donors (Lipinski definition) is 2. The molecule has 2 rings (SSSR count). The summed E-state index contributed by atoms with van der Waals surface area (Å²) < 4.78 is 1.76. The first-order valence-electron chi connectivity index (χ1n) is 5.54. The highest BCUT2D eigenvalue weighted by atomic mass is 16.4. The Bertz CT molecular complexity index is 394. The third-order valence-corrected chi connectivity index (χ3v) is 3.15. The lowest BCUT2D eigenvalue weighted by Gasteiger charge is -2.41. The number of aliphatic carboxylic acids is 1. The number of hydrogen-bond acceptors (Lipinski definition) is 3. The fraction of sp³-hybridized carbons (Fsp3) is 0.636. The monoisotopic (exact) mass is 224 g/mol. The molecule has 1 aliphatic rings. The Labute approximate surface area is 93.7 Å². The minimum Gasteiger partial charge on any atom is -0.481 e. The Hall–Kier alpha value is -1.36. The summed E-state index contributed by atoms with van der Waals surface area (Å²) in [6, 6.07) is 1.77. The van der Waals surface area contributed by atoms with Crippen LogP contribution in [-0.4, -0.2) is 26.0 Å². The maximum Gasteiger partial charge on any atom is 0.306 e. The maximum absolute atomic E-state index is 10.7. The number of nitrogens with zero attached hydrogens (tertiary/aromatic N) is 2. The SMILES string of the molecule is CCCn1nccc1C1(O)CC(C(=O)O)C1. The zero-order valence-electron chi connectivity index (χ0n) is 9.26. The summed E-state index contributed by atoms with van der Waals surface area (Å²) in [6.45, 7) is 2.79. The Morgan fingerprint density at radius 1 is 1.69 bits per heavy atom. The van der Waals surface area contributed by atoms with Crippen molar-refractivity contribution in [2.45, 2.75) is 38.3 Å². The van der Waals surface area contributed by atoms with Crippen molar-refractivity contribution in [3.63, 3.8) is 0 Å². The first-order valence-corrected chi connectivity index (χ1v) is 5.54. The van der Waals surface area contributed by atoms with Crippen molar-refractivity contribution < 1.29 is 15.0 Å². The lowest BCUT2D eigenvalue weighted by atomic mass is 9.69. The molecule has 1 aliphatic carbocycles. The van der Waals surface area contributed by atoms with E-state index in [1.807, 2.05) is 6.92 Å². The number of aryl methyl sites for hydroxylation is 1. The molecule has 1 aromatic rings. The molecule has 0 aromatic carbocycles. The van der Waals surface area contributed by atoms with E-state index in [4.69, 9.17) is 5.11 Å². The summed E-state index contributed by atoms with van der Waals surface area (Å²) in [4.78, 5) is 10.7. The number of aliphatic hydroxyl groups is 1. The molecule has 1 heterocycles. The lowest BCUT2D eigenvalue weighted by molar-refractivity contribution is -0.160. The summed E-state index contributed by atoms with van der Waals surface area (Å²) in [7, 11) is 0. The van der Waals surface area contributed by atoms with E-state index >= 15 is 0 Å². The van der Waals surface area contributed by atoms with E-state index in [-0.39, 0.29) is 12.8 Å². The zero-order chi connectivity index (χ0) is 11.8. The minimum atomic E-state index is -0.991. The molecule has 0 bridgehead atoms. The molecule has 2 N–H and O–H groups in total. The minimum absolute atomic E-state index is 0.289. The number of rotatable bonds is 4. The van der Waals surface area contributed by atoms with Gasteiger partial charge in [0.05, 0.1) is 11.6 Å². The van der Waals surface area contributed by atoms with Crippen LogP contribution in [0.3, 0.4) is 0 Å². The molecule has 0 amide bonds. The second-order valence-corrected chi connectivity index (χ2v) is 4.41. The summed E-state index contributed by atoms with van der Waals surface area (Å²) in [5.41, 5.74) is -0.249. The van der Waals surface area contributed by atoms with Crippen LogP contribution >= 0.6 is 0 Å². The molecule has 1 fully saturated rings. The Morgan fingerprint density at radius 2 is 2.38 bits per heavy atom. The van der Waals surface area contributed by atoms with Crippen LogP contribution in [0.15, 0.2) is 12.3 Å². The molecule has 0 unspecified atom stereocenters. The highest BCUT2D eigenvalue weighted by Gasteiger charge is 2.49. The van der Waals surface area contributed by atoms with Crippen LogP contribution in [0, 0.1) is 5.92 Å². The molecule has 0 aliphatic heterocycles. The predicted octanol–water partition coefficient (Wildman–Crippen LogP) is 0.975. The van der Waals surface area contributed by atoms with Gasteiger partial charge in [0.2, 0.25) is 0 Å². The van der Waals surface area contributed by atoms with E-state index in [1.165, 1.54) is 0 Å². The van der Waals surface area contributed by atoms with Crippen molar-refractivity contribution in [2.75, 3.05) is 0 Å². The van der Waals surface area contributed by atoms with E-state index in [2.05, 4.69) is 5.10 Å². The van der Waals surface area contributed by atoms with Crippen LogP contribution < -0.4 is 0 Å². The van der Waals surface area contributed by atoms with Gasteiger partial charge < -0.3 is 10.2 Å². The van der Waals surface area contributed by atoms with E-state index in [9.17, 15) is 9.90 Å². The Balaban J connectivity index is 2.13. The van der Waals surface area contributed by atoms with Gasteiger partial charge in [-0.05, 0) is 25.3 Å². The van der Waals surface area contributed by atoms with Gasteiger partial charge in [-0.3, -0.25) is 9.48 Å². The van der Waals surface area contributed by atoms with Crippen LogP contribution in [-0.2, 0) is 16.9 Å². The van der Waals surface area contributed by atoms with Gasteiger partial charge in [0.1, 0.15) is 5.60 Å². The fourth-order valence-electron chi connectivity index (χ4n) is 2.26. The van der Waals surface area contributed by atoms with Gasteiger partial charge in [0.25, 0.3) is 0 Å². The molecule has 16 heavy (non-hydrogen) atoms.